The number of amides is 1. The molecule has 4 rings (SSSR count). The minimum absolute atomic E-state index is 0.291. The van der Waals surface area contributed by atoms with Gasteiger partial charge in [-0.15, -0.1) is 0 Å². The smallest absolute Gasteiger partial charge is 0.274 e. The number of nitrogens with zero attached hydrogens (tertiary/aromatic N) is 4. The number of methoxy groups -OCH3 is 1. The maximum atomic E-state index is 12.7. The van der Waals surface area contributed by atoms with E-state index in [1.54, 1.807) is 25.3 Å². The van der Waals surface area contributed by atoms with Crippen molar-refractivity contribution in [3.8, 4) is 5.75 Å². The predicted molar refractivity (Wildman–Crippen MR) is 114 cm³/mol. The Morgan fingerprint density at radius 3 is 2.38 bits per heavy atom. The molecule has 0 saturated carbocycles. The number of nitrogens with one attached hydrogen (secondary N) is 1. The number of carbonyl (C=O) groups is 1. The van der Waals surface area contributed by atoms with Crippen LogP contribution in [0.4, 0.5) is 17.2 Å². The van der Waals surface area contributed by atoms with Crippen LogP contribution in [0.25, 0.3) is 0 Å². The molecule has 0 aliphatic carbocycles. The summed E-state index contributed by atoms with van der Waals surface area (Å²) in [7, 11) is 1.57. The molecule has 2 heterocycles. The maximum absolute atomic E-state index is 12.7. The van der Waals surface area contributed by atoms with Crippen molar-refractivity contribution >= 4 is 23.1 Å². The Morgan fingerprint density at radius 2 is 1.62 bits per heavy atom. The largest absolute Gasteiger partial charge is 0.495 e. The SMILES string of the molecule is COc1ccccc1NC(=O)c1cc(N2CCN(c3ccccc3)CC2)ncn1. The first-order valence-electron chi connectivity index (χ1n) is 9.56. The molecule has 0 unspecified atom stereocenters. The van der Waals surface area contributed by atoms with E-state index in [-0.39, 0.29) is 5.91 Å². The van der Waals surface area contributed by atoms with Gasteiger partial charge in [0, 0.05) is 37.9 Å². The third-order valence-corrected chi connectivity index (χ3v) is 4.97. The Hall–Kier alpha value is -3.61. The van der Waals surface area contributed by atoms with Crippen LogP contribution in [-0.2, 0) is 0 Å². The van der Waals surface area contributed by atoms with Gasteiger partial charge < -0.3 is 19.9 Å². The van der Waals surface area contributed by atoms with Crippen molar-refractivity contribution in [3.63, 3.8) is 0 Å². The Bertz CT molecular complexity index is 972. The lowest BCUT2D eigenvalue weighted by Gasteiger charge is -2.36. The van der Waals surface area contributed by atoms with Crippen molar-refractivity contribution in [2.24, 2.45) is 0 Å². The van der Waals surface area contributed by atoms with E-state index in [4.69, 9.17) is 4.74 Å². The van der Waals surface area contributed by atoms with Crippen molar-refractivity contribution < 1.29 is 9.53 Å². The highest BCUT2D eigenvalue weighted by Crippen LogP contribution is 2.24. The molecule has 1 aliphatic heterocycles. The summed E-state index contributed by atoms with van der Waals surface area (Å²) in [5, 5.41) is 2.86. The van der Waals surface area contributed by atoms with Gasteiger partial charge in [-0.25, -0.2) is 9.97 Å². The summed E-state index contributed by atoms with van der Waals surface area (Å²) in [6.45, 7) is 3.46. The number of hydrogen-bond donors (Lipinski definition) is 1. The molecule has 1 amide bonds. The summed E-state index contributed by atoms with van der Waals surface area (Å²) in [6.07, 6.45) is 1.44. The lowest BCUT2D eigenvalue weighted by molar-refractivity contribution is 0.102. The Kier molecular flexibility index (Phi) is 5.56. The summed E-state index contributed by atoms with van der Waals surface area (Å²) in [5.74, 6) is 1.08. The molecule has 1 N–H and O–H groups in total. The van der Waals surface area contributed by atoms with Crippen LogP contribution in [0.1, 0.15) is 10.5 Å². The summed E-state index contributed by atoms with van der Waals surface area (Å²) in [4.78, 5) is 25.7. The predicted octanol–water partition coefficient (Wildman–Crippen LogP) is 3.06. The number of ether oxygens (including phenoxy) is 1. The normalized spacial score (nSPS) is 13.8. The minimum atomic E-state index is -0.291. The van der Waals surface area contributed by atoms with Crippen molar-refractivity contribution in [1.29, 1.82) is 0 Å². The minimum Gasteiger partial charge on any atom is -0.495 e. The van der Waals surface area contributed by atoms with E-state index in [1.165, 1.54) is 12.0 Å². The van der Waals surface area contributed by atoms with E-state index in [0.717, 1.165) is 32.0 Å². The van der Waals surface area contributed by atoms with E-state index in [0.29, 0.717) is 17.1 Å². The molecule has 0 atom stereocenters. The molecule has 7 heteroatoms. The molecule has 2 aromatic carbocycles. The highest BCUT2D eigenvalue weighted by atomic mass is 16.5. The average molecular weight is 389 g/mol. The van der Waals surface area contributed by atoms with Gasteiger partial charge in [0.1, 0.15) is 23.6 Å². The van der Waals surface area contributed by atoms with Gasteiger partial charge in [-0.05, 0) is 24.3 Å². The van der Waals surface area contributed by atoms with Crippen LogP contribution in [-0.4, -0.2) is 49.2 Å². The second-order valence-electron chi connectivity index (χ2n) is 6.73. The molecule has 29 heavy (non-hydrogen) atoms. The number of benzene rings is 2. The molecule has 3 aromatic rings. The molecule has 1 aliphatic rings. The first-order chi connectivity index (χ1) is 14.2. The van der Waals surface area contributed by atoms with Crippen LogP contribution in [0.15, 0.2) is 67.0 Å². The number of aromatic nitrogens is 2. The zero-order valence-electron chi connectivity index (χ0n) is 16.3. The Balaban J connectivity index is 1.43. The van der Waals surface area contributed by atoms with Crippen molar-refractivity contribution in [2.45, 2.75) is 0 Å². The zero-order chi connectivity index (χ0) is 20.1. The summed E-state index contributed by atoms with van der Waals surface area (Å²) in [5.41, 5.74) is 2.16. The first kappa shape index (κ1) is 18.7. The van der Waals surface area contributed by atoms with Gasteiger partial charge >= 0.3 is 0 Å². The number of para-hydroxylation sites is 3. The topological polar surface area (TPSA) is 70.6 Å². The van der Waals surface area contributed by atoms with Gasteiger partial charge in [0.15, 0.2) is 0 Å². The molecular weight excluding hydrogens is 366 g/mol. The highest BCUT2D eigenvalue weighted by molar-refractivity contribution is 6.04. The van der Waals surface area contributed by atoms with Crippen LogP contribution in [0.5, 0.6) is 5.75 Å². The first-order valence-corrected chi connectivity index (χ1v) is 9.56. The fourth-order valence-electron chi connectivity index (χ4n) is 3.41. The van der Waals surface area contributed by atoms with Gasteiger partial charge in [-0.3, -0.25) is 4.79 Å². The molecule has 1 saturated heterocycles. The number of hydrogen-bond acceptors (Lipinski definition) is 6. The fourth-order valence-corrected chi connectivity index (χ4v) is 3.41. The fraction of sp³-hybridized carbons (Fsp3) is 0.227. The third-order valence-electron chi connectivity index (χ3n) is 4.97. The lowest BCUT2D eigenvalue weighted by Crippen LogP contribution is -2.46. The number of anilines is 3. The number of carbonyl (C=O) groups excluding carboxylic acids is 1. The van der Waals surface area contributed by atoms with E-state index < -0.39 is 0 Å². The summed E-state index contributed by atoms with van der Waals surface area (Å²) >= 11 is 0. The standard InChI is InChI=1S/C22H23N5O2/c1-29-20-10-6-5-9-18(20)25-22(28)19-15-21(24-16-23-19)27-13-11-26(12-14-27)17-7-3-2-4-8-17/h2-10,15-16H,11-14H2,1H3,(H,25,28). The van der Waals surface area contributed by atoms with Crippen molar-refractivity contribution in [2.75, 3.05) is 48.4 Å². The molecule has 0 spiro atoms. The van der Waals surface area contributed by atoms with E-state index >= 15 is 0 Å². The summed E-state index contributed by atoms with van der Waals surface area (Å²) in [6, 6.07) is 19.4. The van der Waals surface area contributed by atoms with Crippen LogP contribution < -0.4 is 19.9 Å². The van der Waals surface area contributed by atoms with E-state index in [1.807, 2.05) is 18.2 Å². The van der Waals surface area contributed by atoms with Crippen LogP contribution in [0, 0.1) is 0 Å². The van der Waals surface area contributed by atoms with Gasteiger partial charge in [0.25, 0.3) is 5.91 Å². The van der Waals surface area contributed by atoms with E-state index in [2.05, 4.69) is 49.4 Å². The molecule has 1 fully saturated rings. The quantitative estimate of drug-likeness (QED) is 0.723. The maximum Gasteiger partial charge on any atom is 0.274 e. The van der Waals surface area contributed by atoms with Gasteiger partial charge in [0.2, 0.25) is 0 Å². The molecule has 148 valence electrons. The third kappa shape index (κ3) is 4.29. The molecule has 0 bridgehead atoms. The van der Waals surface area contributed by atoms with Gasteiger partial charge in [-0.2, -0.15) is 0 Å². The average Bonchev–Trinajstić information content (AvgIpc) is 2.80. The van der Waals surface area contributed by atoms with Crippen molar-refractivity contribution in [1.82, 2.24) is 9.97 Å². The Labute approximate surface area is 170 Å². The monoisotopic (exact) mass is 389 g/mol. The summed E-state index contributed by atoms with van der Waals surface area (Å²) < 4.78 is 5.29. The van der Waals surface area contributed by atoms with Crippen LogP contribution >= 0.6 is 0 Å². The van der Waals surface area contributed by atoms with Crippen LogP contribution in [0.2, 0.25) is 0 Å². The highest BCUT2D eigenvalue weighted by Gasteiger charge is 2.20. The number of piperazine rings is 1. The molecular formula is C22H23N5O2. The van der Waals surface area contributed by atoms with E-state index in [9.17, 15) is 4.79 Å². The van der Waals surface area contributed by atoms with Crippen molar-refractivity contribution in [3.05, 3.63) is 72.7 Å². The lowest BCUT2D eigenvalue weighted by atomic mass is 10.2. The second-order valence-corrected chi connectivity index (χ2v) is 6.73. The molecule has 1 aromatic heterocycles. The molecule has 7 nitrogen and oxygen atoms in total. The van der Waals surface area contributed by atoms with Crippen LogP contribution in [0.3, 0.4) is 0 Å². The molecule has 0 radical (unpaired) electrons. The number of rotatable bonds is 5. The second kappa shape index (κ2) is 8.60. The Morgan fingerprint density at radius 1 is 0.931 bits per heavy atom. The zero-order valence-corrected chi connectivity index (χ0v) is 16.3. The van der Waals surface area contributed by atoms with Gasteiger partial charge in [0.05, 0.1) is 12.8 Å². The van der Waals surface area contributed by atoms with Gasteiger partial charge in [-0.1, -0.05) is 30.3 Å².